The predicted octanol–water partition coefficient (Wildman–Crippen LogP) is 7.74. The highest BCUT2D eigenvalue weighted by Crippen LogP contribution is 2.28. The first-order valence-electron chi connectivity index (χ1n) is 14.4. The van der Waals surface area contributed by atoms with Gasteiger partial charge in [0, 0.05) is 0 Å². The first kappa shape index (κ1) is 30.8. The highest BCUT2D eigenvalue weighted by Gasteiger charge is 2.14. The van der Waals surface area contributed by atoms with Crippen molar-refractivity contribution >= 4 is 17.9 Å². The van der Waals surface area contributed by atoms with Gasteiger partial charge in [-0.25, -0.2) is 14.4 Å². The van der Waals surface area contributed by atoms with Crippen LogP contribution in [0.4, 0.5) is 0 Å². The lowest BCUT2D eigenvalue weighted by molar-refractivity contribution is 0.0435. The van der Waals surface area contributed by atoms with Gasteiger partial charge in [0.1, 0.15) is 25.6 Å². The van der Waals surface area contributed by atoms with Gasteiger partial charge < -0.3 is 18.9 Å². The van der Waals surface area contributed by atoms with Crippen molar-refractivity contribution in [2.75, 3.05) is 7.11 Å². The van der Waals surface area contributed by atoms with Crippen LogP contribution >= 0.6 is 0 Å². The number of methoxy groups -OCH3 is 1. The van der Waals surface area contributed by atoms with Crippen LogP contribution in [0.15, 0.2) is 121 Å². The van der Waals surface area contributed by atoms with Crippen LogP contribution in [0.2, 0.25) is 0 Å². The van der Waals surface area contributed by atoms with Gasteiger partial charge >= 0.3 is 17.9 Å². The second kappa shape index (κ2) is 14.7. The van der Waals surface area contributed by atoms with E-state index in [9.17, 15) is 14.4 Å². The molecule has 0 N–H and O–H groups in total. The molecule has 0 unspecified atom stereocenters. The molecular weight excluding hydrogens is 568 g/mol. The number of carbonyl (C=O) groups excluding carboxylic acids is 3. The summed E-state index contributed by atoms with van der Waals surface area (Å²) in [5, 5.41) is 0. The molecule has 0 aliphatic heterocycles. The van der Waals surface area contributed by atoms with Gasteiger partial charge in [0.15, 0.2) is 0 Å². The smallest absolute Gasteiger partial charge is 0.338 e. The molecule has 0 radical (unpaired) electrons. The van der Waals surface area contributed by atoms with Crippen molar-refractivity contribution in [2.45, 2.75) is 26.7 Å². The first-order chi connectivity index (χ1) is 21.9. The van der Waals surface area contributed by atoms with E-state index in [1.807, 2.05) is 67.6 Å². The van der Waals surface area contributed by atoms with E-state index >= 15 is 0 Å². The van der Waals surface area contributed by atoms with Crippen molar-refractivity contribution in [1.82, 2.24) is 0 Å². The van der Waals surface area contributed by atoms with Crippen LogP contribution < -0.4 is 4.74 Å². The Kier molecular flexibility index (Phi) is 10.0. The van der Waals surface area contributed by atoms with Crippen molar-refractivity contribution in [3.8, 4) is 16.9 Å². The highest BCUT2D eigenvalue weighted by atomic mass is 16.5. The Morgan fingerprint density at radius 2 is 1.20 bits per heavy atom. The minimum Gasteiger partial charge on any atom is -0.489 e. The van der Waals surface area contributed by atoms with Crippen molar-refractivity contribution < 1.29 is 33.3 Å². The van der Waals surface area contributed by atoms with E-state index in [-0.39, 0.29) is 25.8 Å². The van der Waals surface area contributed by atoms with Gasteiger partial charge in [0.05, 0.1) is 23.8 Å². The zero-order valence-corrected chi connectivity index (χ0v) is 25.0. The summed E-state index contributed by atoms with van der Waals surface area (Å²) < 4.78 is 22.2. The molecule has 7 heteroatoms. The highest BCUT2D eigenvalue weighted by molar-refractivity contribution is 5.91. The molecule has 0 aliphatic carbocycles. The van der Waals surface area contributed by atoms with E-state index in [1.54, 1.807) is 60.7 Å². The summed E-state index contributed by atoms with van der Waals surface area (Å²) in [5.74, 6) is -0.598. The zero-order valence-electron chi connectivity index (χ0n) is 25.0. The van der Waals surface area contributed by atoms with Gasteiger partial charge in [-0.3, -0.25) is 0 Å². The van der Waals surface area contributed by atoms with Gasteiger partial charge in [-0.1, -0.05) is 66.7 Å². The topological polar surface area (TPSA) is 88.1 Å². The Bertz CT molecular complexity index is 1800. The van der Waals surface area contributed by atoms with E-state index in [2.05, 4.69) is 0 Å². The Morgan fingerprint density at radius 3 is 1.82 bits per heavy atom. The van der Waals surface area contributed by atoms with Crippen LogP contribution in [-0.2, 0) is 34.0 Å². The second-order valence-electron chi connectivity index (χ2n) is 10.3. The number of hydrogen-bond acceptors (Lipinski definition) is 7. The average molecular weight is 601 g/mol. The van der Waals surface area contributed by atoms with Crippen LogP contribution in [0.3, 0.4) is 0 Å². The monoisotopic (exact) mass is 600 g/mol. The van der Waals surface area contributed by atoms with Crippen LogP contribution in [0.1, 0.15) is 53.3 Å². The van der Waals surface area contributed by atoms with Gasteiger partial charge in [-0.2, -0.15) is 0 Å². The molecule has 5 aromatic rings. The van der Waals surface area contributed by atoms with Crippen molar-refractivity contribution in [3.05, 3.63) is 160 Å². The molecule has 0 saturated heterocycles. The number of aryl methyl sites for hydroxylation is 1. The maximum atomic E-state index is 12.7. The summed E-state index contributed by atoms with van der Waals surface area (Å²) >= 11 is 0. The third-order valence-corrected chi connectivity index (χ3v) is 7.21. The molecule has 0 heterocycles. The van der Waals surface area contributed by atoms with E-state index in [4.69, 9.17) is 18.9 Å². The number of hydrogen-bond donors (Lipinski definition) is 0. The molecule has 0 bridgehead atoms. The van der Waals surface area contributed by atoms with Crippen LogP contribution in [0.5, 0.6) is 5.75 Å². The molecule has 0 spiro atoms. The van der Waals surface area contributed by atoms with Crippen molar-refractivity contribution in [1.29, 1.82) is 0 Å². The first-order valence-corrected chi connectivity index (χ1v) is 14.4. The SMILES string of the molecule is COC(=O)c1ccc(-c2cccc(OCc3ccc(COC(=O)c4ccccc4)c(COC(=O)c4ccccc4)c3)c2)c(C)c1. The minimum atomic E-state index is -0.448. The largest absolute Gasteiger partial charge is 0.489 e. The lowest BCUT2D eigenvalue weighted by Gasteiger charge is -2.14. The Morgan fingerprint density at radius 1 is 0.556 bits per heavy atom. The fourth-order valence-electron chi connectivity index (χ4n) is 4.80. The molecule has 7 nitrogen and oxygen atoms in total. The third-order valence-electron chi connectivity index (χ3n) is 7.21. The molecule has 0 fully saturated rings. The normalized spacial score (nSPS) is 10.5. The fraction of sp³-hybridized carbons (Fsp3) is 0.132. The van der Waals surface area contributed by atoms with Crippen molar-refractivity contribution in [2.24, 2.45) is 0 Å². The average Bonchev–Trinajstić information content (AvgIpc) is 3.09. The number of ether oxygens (including phenoxy) is 4. The van der Waals surface area contributed by atoms with E-state index in [1.165, 1.54) is 7.11 Å². The second-order valence-corrected chi connectivity index (χ2v) is 10.3. The van der Waals surface area contributed by atoms with Gasteiger partial charge in [-0.05, 0) is 94.9 Å². The maximum absolute atomic E-state index is 12.7. The molecule has 226 valence electrons. The molecule has 0 aromatic heterocycles. The van der Waals surface area contributed by atoms with Gasteiger partial charge in [0.2, 0.25) is 0 Å². The minimum absolute atomic E-state index is 0.00385. The van der Waals surface area contributed by atoms with Gasteiger partial charge in [0.25, 0.3) is 0 Å². The summed E-state index contributed by atoms with van der Waals surface area (Å²) in [6, 6.07) is 36.3. The lowest BCUT2D eigenvalue weighted by Crippen LogP contribution is -2.10. The maximum Gasteiger partial charge on any atom is 0.338 e. The Hall–Kier alpha value is -5.69. The molecule has 5 rings (SSSR count). The van der Waals surface area contributed by atoms with E-state index < -0.39 is 11.9 Å². The summed E-state index contributed by atoms with van der Waals surface area (Å²) in [4.78, 5) is 37.1. The lowest BCUT2D eigenvalue weighted by atomic mass is 9.98. The molecule has 0 amide bonds. The fourth-order valence-corrected chi connectivity index (χ4v) is 4.80. The number of esters is 3. The Labute approximate surface area is 262 Å². The summed E-state index contributed by atoms with van der Waals surface area (Å²) in [7, 11) is 1.36. The van der Waals surface area contributed by atoms with Crippen LogP contribution in [0.25, 0.3) is 11.1 Å². The molecule has 5 aromatic carbocycles. The number of benzene rings is 5. The molecule has 0 aliphatic rings. The Balaban J connectivity index is 1.31. The van der Waals surface area contributed by atoms with E-state index in [0.717, 1.165) is 27.8 Å². The van der Waals surface area contributed by atoms with Crippen LogP contribution in [-0.4, -0.2) is 25.0 Å². The third kappa shape index (κ3) is 8.03. The summed E-state index contributed by atoms with van der Waals surface area (Å²) in [6.45, 7) is 2.22. The summed E-state index contributed by atoms with van der Waals surface area (Å²) in [6.07, 6.45) is 0. The summed E-state index contributed by atoms with van der Waals surface area (Å²) in [5.41, 5.74) is 6.54. The molecule has 0 saturated carbocycles. The number of carbonyl (C=O) groups is 3. The van der Waals surface area contributed by atoms with Crippen LogP contribution in [0, 0.1) is 6.92 Å². The molecule has 0 atom stereocenters. The molecule has 45 heavy (non-hydrogen) atoms. The standard InChI is InChI=1S/C38H32O7/c1-26-20-31(36(39)42-2)18-19-35(26)30-14-9-15-34(22-30)43-23-27-16-17-32(24-44-37(40)28-10-5-3-6-11-28)33(21-27)25-45-38(41)29-12-7-4-8-13-29/h3-22H,23-25H2,1-2H3. The zero-order chi connectivity index (χ0) is 31.6. The number of rotatable bonds is 11. The predicted molar refractivity (Wildman–Crippen MR) is 170 cm³/mol. The van der Waals surface area contributed by atoms with Gasteiger partial charge in [-0.15, -0.1) is 0 Å². The van der Waals surface area contributed by atoms with Crippen molar-refractivity contribution in [3.63, 3.8) is 0 Å². The van der Waals surface area contributed by atoms with E-state index in [0.29, 0.717) is 28.0 Å². The quantitative estimate of drug-likeness (QED) is 0.113. The molecular formula is C38H32O7.